The Balaban J connectivity index is 1.48. The summed E-state index contributed by atoms with van der Waals surface area (Å²) < 4.78 is 0. The van der Waals surface area contributed by atoms with Gasteiger partial charge in [0.15, 0.2) is 69.0 Å². The monoisotopic (exact) mass is 913 g/mol. The first-order chi connectivity index (χ1) is 31.8. The molecule has 0 aliphatic rings. The highest BCUT2D eigenvalue weighted by Gasteiger charge is 2.39. The smallest absolute Gasteiger partial charge is 0.208 e. The van der Waals surface area contributed by atoms with Crippen molar-refractivity contribution in [2.24, 2.45) is 0 Å². The van der Waals surface area contributed by atoms with Crippen molar-refractivity contribution in [3.63, 3.8) is 0 Å². The van der Waals surface area contributed by atoms with Gasteiger partial charge in [0.2, 0.25) is 34.5 Å². The van der Waals surface area contributed by atoms with Gasteiger partial charge in [0.25, 0.3) is 0 Å². The summed E-state index contributed by atoms with van der Waals surface area (Å²) in [6.07, 6.45) is 0. The molecule has 0 aliphatic carbocycles. The lowest BCUT2D eigenvalue weighted by Crippen LogP contribution is -2.12. The van der Waals surface area contributed by atoms with Crippen LogP contribution in [-0.4, -0.2) is 91.9 Å². The molecule has 0 atom stereocenters. The maximum absolute atomic E-state index is 11.9. The van der Waals surface area contributed by atoms with E-state index in [9.17, 15) is 91.9 Å². The van der Waals surface area contributed by atoms with Crippen LogP contribution in [0.2, 0.25) is 0 Å². The van der Waals surface area contributed by atoms with E-state index in [1.54, 1.807) is 60.7 Å². The number of hydrogen-bond donors (Lipinski definition) is 18. The van der Waals surface area contributed by atoms with Crippen molar-refractivity contribution >= 4 is 17.1 Å². The van der Waals surface area contributed by atoms with E-state index in [-0.39, 0.29) is 5.69 Å². The van der Waals surface area contributed by atoms with Crippen molar-refractivity contribution in [3.8, 4) is 159 Å². The highest BCUT2D eigenvalue weighted by atomic mass is 16.4. The van der Waals surface area contributed by atoms with Gasteiger partial charge >= 0.3 is 0 Å². The maximum atomic E-state index is 11.9. The van der Waals surface area contributed by atoms with Gasteiger partial charge in [-0.1, -0.05) is 84.9 Å². The normalized spacial score (nSPS) is 11.2. The molecule has 0 aliphatic heterocycles. The number of aromatic hydroxyl groups is 18. The minimum atomic E-state index is -1.57. The second kappa shape index (κ2) is 15.9. The Morgan fingerprint density at radius 3 is 0.731 bits per heavy atom. The fourth-order valence-electron chi connectivity index (χ4n) is 7.67. The summed E-state index contributed by atoms with van der Waals surface area (Å²) >= 11 is 0. The second-order valence-corrected chi connectivity index (χ2v) is 14.9. The average Bonchev–Trinajstić information content (AvgIpc) is 3.34. The fraction of sp³-hybridized carbons (Fsp3) is 0. The molecule has 0 heterocycles. The summed E-state index contributed by atoms with van der Waals surface area (Å²) in [6.45, 7) is 0. The van der Waals surface area contributed by atoms with Crippen molar-refractivity contribution in [2.75, 3.05) is 4.90 Å². The zero-order chi connectivity index (χ0) is 48.5. The highest BCUT2D eigenvalue weighted by Crippen LogP contribution is 2.68. The van der Waals surface area contributed by atoms with Gasteiger partial charge in [-0.15, -0.1) is 0 Å². The largest absolute Gasteiger partial charge is 0.504 e. The Morgan fingerprint density at radius 2 is 0.433 bits per heavy atom. The van der Waals surface area contributed by atoms with Crippen LogP contribution < -0.4 is 4.90 Å². The molecule has 0 fully saturated rings. The van der Waals surface area contributed by atoms with E-state index < -0.39 is 137 Å². The van der Waals surface area contributed by atoms with Crippen LogP contribution in [0.1, 0.15) is 0 Å². The molecule has 19 nitrogen and oxygen atoms in total. The number of hydrogen-bond acceptors (Lipinski definition) is 19. The topological polar surface area (TPSA) is 367 Å². The van der Waals surface area contributed by atoms with Crippen LogP contribution in [0.25, 0.3) is 55.6 Å². The van der Waals surface area contributed by atoms with Crippen molar-refractivity contribution in [2.45, 2.75) is 0 Å². The van der Waals surface area contributed by atoms with Crippen LogP contribution in [0.3, 0.4) is 0 Å². The van der Waals surface area contributed by atoms with Crippen molar-refractivity contribution in [3.05, 3.63) is 103 Å². The van der Waals surface area contributed by atoms with E-state index in [0.717, 1.165) is 11.1 Å². The van der Waals surface area contributed by atoms with Crippen LogP contribution in [0.4, 0.5) is 17.1 Å². The van der Waals surface area contributed by atoms with Gasteiger partial charge in [-0.05, 0) is 51.6 Å². The van der Waals surface area contributed by atoms with E-state index in [2.05, 4.69) is 0 Å². The number of rotatable bonds is 8. The van der Waals surface area contributed by atoms with E-state index in [4.69, 9.17) is 0 Å². The van der Waals surface area contributed by atoms with E-state index >= 15 is 0 Å². The summed E-state index contributed by atoms with van der Waals surface area (Å²) in [4.78, 5) is 0.493. The standard InChI is InChI=1S/C48H35NO18/c50-31-25(27-35(54)43(62)47(66)44(63)36(27)55)32(51)40(59)29(39(31)58)49(30-41(60)33(52)26(34(53)42(30)61)28-37(56)45(64)48(67)46(65)38(28)57)24-16-22(19-9-5-2-6-10-19)15-23(17-24)21-13-11-20(12-14-21)18-7-3-1-4-8-18/h1-17,50-67H. The van der Waals surface area contributed by atoms with Gasteiger partial charge in [-0.25, -0.2) is 0 Å². The quantitative estimate of drug-likeness (QED) is 0.0504. The lowest BCUT2D eigenvalue weighted by molar-refractivity contribution is 0.329. The van der Waals surface area contributed by atoms with Crippen LogP contribution in [-0.2, 0) is 0 Å². The molecule has 0 saturated carbocycles. The van der Waals surface area contributed by atoms with Gasteiger partial charge in [0.1, 0.15) is 11.4 Å². The van der Waals surface area contributed by atoms with Gasteiger partial charge in [-0.3, -0.25) is 4.90 Å². The predicted octanol–water partition coefficient (Wildman–Crippen LogP) is 8.19. The molecule has 0 spiro atoms. The summed E-state index contributed by atoms with van der Waals surface area (Å²) in [5.41, 5.74) is -4.55. The Labute approximate surface area is 375 Å². The lowest BCUT2D eigenvalue weighted by atomic mass is 9.94. The third kappa shape index (κ3) is 6.70. The molecule has 0 amide bonds. The van der Waals surface area contributed by atoms with E-state index in [1.807, 2.05) is 30.3 Å². The molecule has 0 radical (unpaired) electrons. The molecule has 8 aromatic rings. The van der Waals surface area contributed by atoms with Crippen LogP contribution >= 0.6 is 0 Å². The first-order valence-corrected chi connectivity index (χ1v) is 19.3. The maximum Gasteiger partial charge on any atom is 0.208 e. The molecule has 0 bridgehead atoms. The third-order valence-corrected chi connectivity index (χ3v) is 11.0. The zero-order valence-corrected chi connectivity index (χ0v) is 33.8. The average molecular weight is 914 g/mol. The molecule has 340 valence electrons. The lowest BCUT2D eigenvalue weighted by Gasteiger charge is -2.31. The third-order valence-electron chi connectivity index (χ3n) is 11.0. The number of anilines is 3. The zero-order valence-electron chi connectivity index (χ0n) is 33.8. The molecule has 0 aromatic heterocycles. The van der Waals surface area contributed by atoms with Crippen molar-refractivity contribution < 1.29 is 91.9 Å². The molecule has 67 heavy (non-hydrogen) atoms. The first kappa shape index (κ1) is 43.6. The van der Waals surface area contributed by atoms with E-state index in [1.165, 1.54) is 12.1 Å². The molecule has 8 aromatic carbocycles. The highest BCUT2D eigenvalue weighted by molar-refractivity contribution is 6.04. The first-order valence-electron chi connectivity index (χ1n) is 19.3. The predicted molar refractivity (Wildman–Crippen MR) is 238 cm³/mol. The van der Waals surface area contributed by atoms with Crippen molar-refractivity contribution in [1.29, 1.82) is 0 Å². The molecule has 19 heteroatoms. The van der Waals surface area contributed by atoms with Gasteiger partial charge in [0, 0.05) is 5.69 Å². The van der Waals surface area contributed by atoms with Gasteiger partial charge in [-0.2, -0.15) is 0 Å². The molecular formula is C48H35NO18. The van der Waals surface area contributed by atoms with Crippen LogP contribution in [0, 0.1) is 0 Å². The Morgan fingerprint density at radius 1 is 0.209 bits per heavy atom. The molecule has 18 N–H and O–H groups in total. The molecule has 0 saturated heterocycles. The summed E-state index contributed by atoms with van der Waals surface area (Å²) in [5, 5.41) is 198. The fourth-order valence-corrected chi connectivity index (χ4v) is 7.67. The Bertz CT molecular complexity index is 3070. The van der Waals surface area contributed by atoms with Gasteiger partial charge in [0.05, 0.1) is 22.3 Å². The summed E-state index contributed by atoms with van der Waals surface area (Å²) in [7, 11) is 0. The number of phenolic OH excluding ortho intramolecular Hbond substituents is 18. The summed E-state index contributed by atoms with van der Waals surface area (Å²) in [5.74, 6) is -27.4. The number of nitrogens with zero attached hydrogens (tertiary/aromatic N) is 1. The molecular weight excluding hydrogens is 879 g/mol. The van der Waals surface area contributed by atoms with Crippen LogP contribution in [0.5, 0.6) is 103 Å². The Hall–Kier alpha value is -10.0. The van der Waals surface area contributed by atoms with Crippen molar-refractivity contribution in [1.82, 2.24) is 0 Å². The second-order valence-electron chi connectivity index (χ2n) is 14.9. The molecule has 0 unspecified atom stereocenters. The Kier molecular flexibility index (Phi) is 10.4. The molecule has 8 rings (SSSR count). The minimum Gasteiger partial charge on any atom is -0.504 e. The minimum absolute atomic E-state index is 0.323. The van der Waals surface area contributed by atoms with E-state index in [0.29, 0.717) is 27.2 Å². The number of phenols is 18. The SMILES string of the molecule is Oc1c(O)c(O)c(-c2c(O)c(O)c(N(c3cc(-c4ccccc4)cc(-c4ccc(-c5ccccc5)cc4)c3)c3c(O)c(O)c(-c4c(O)c(O)c(O)c(O)c4O)c(O)c3O)c(O)c2O)c(O)c1O. The van der Waals surface area contributed by atoms with Crippen LogP contribution in [0.15, 0.2) is 103 Å². The number of benzene rings is 8. The van der Waals surface area contributed by atoms with Gasteiger partial charge < -0.3 is 91.9 Å². The summed E-state index contributed by atoms with van der Waals surface area (Å²) in [6, 6.07) is 29.1.